The van der Waals surface area contributed by atoms with E-state index < -0.39 is 11.9 Å². The number of aliphatic imine (C=N–C) groups is 1. The van der Waals surface area contributed by atoms with Gasteiger partial charge in [-0.2, -0.15) is 13.2 Å². The number of rotatable bonds is 6. The highest BCUT2D eigenvalue weighted by Gasteiger charge is 2.33. The number of hydrogen-bond acceptors (Lipinski definition) is 4. The summed E-state index contributed by atoms with van der Waals surface area (Å²) in [5, 5.41) is 7.52. The molecule has 2 heterocycles. The maximum absolute atomic E-state index is 12.5. The maximum Gasteiger partial charge on any atom is 0.434 e. The Balaban J connectivity index is 1.89. The summed E-state index contributed by atoms with van der Waals surface area (Å²) in [5.41, 5.74) is -0.870. The number of alkyl halides is 3. The van der Waals surface area contributed by atoms with Crippen molar-refractivity contribution in [2.24, 2.45) is 4.99 Å². The van der Waals surface area contributed by atoms with Crippen LogP contribution < -0.4 is 10.6 Å². The highest BCUT2D eigenvalue weighted by Crippen LogP contribution is 2.30. The van der Waals surface area contributed by atoms with E-state index in [2.05, 4.69) is 20.6 Å². The lowest BCUT2D eigenvalue weighted by molar-refractivity contribution is -0.140. The Morgan fingerprint density at radius 1 is 1.33 bits per heavy atom. The van der Waals surface area contributed by atoms with E-state index in [-0.39, 0.29) is 6.54 Å². The number of guanidine groups is 1. The van der Waals surface area contributed by atoms with Crippen LogP contribution in [0.15, 0.2) is 22.5 Å². The van der Waals surface area contributed by atoms with Crippen LogP contribution in [0.3, 0.4) is 0 Å². The zero-order chi connectivity index (χ0) is 17.6. The molecule has 0 aromatic carbocycles. The number of hydrogen-bond donors (Lipinski definition) is 2. The van der Waals surface area contributed by atoms with Gasteiger partial charge in [-0.15, -0.1) is 22.7 Å². The van der Waals surface area contributed by atoms with E-state index in [1.807, 2.05) is 19.1 Å². The second kappa shape index (κ2) is 8.68. The highest BCUT2D eigenvalue weighted by molar-refractivity contribution is 7.16. The van der Waals surface area contributed by atoms with E-state index in [4.69, 9.17) is 11.6 Å². The fraction of sp³-hybridized carbons (Fsp3) is 0.429. The number of aromatic nitrogens is 1. The average molecular weight is 397 g/mol. The fourth-order valence-corrected chi connectivity index (χ4v) is 3.60. The normalized spacial score (nSPS) is 12.5. The largest absolute Gasteiger partial charge is 0.434 e. The summed E-state index contributed by atoms with van der Waals surface area (Å²) in [4.78, 5) is 8.98. The predicted octanol–water partition coefficient (Wildman–Crippen LogP) is 4.17. The summed E-state index contributed by atoms with van der Waals surface area (Å²) in [6.07, 6.45) is -3.62. The predicted molar refractivity (Wildman–Crippen MR) is 93.0 cm³/mol. The maximum atomic E-state index is 12.5. The van der Waals surface area contributed by atoms with Crippen molar-refractivity contribution in [2.75, 3.05) is 13.1 Å². The number of thiophene rings is 1. The SMILES string of the molecule is CCNC(=NCc1nc(C(F)(F)F)cs1)NCCc1ccc(Cl)s1. The van der Waals surface area contributed by atoms with Gasteiger partial charge in [-0.3, -0.25) is 0 Å². The minimum atomic E-state index is -4.41. The van der Waals surface area contributed by atoms with Gasteiger partial charge in [0.2, 0.25) is 0 Å². The van der Waals surface area contributed by atoms with Gasteiger partial charge in [-0.25, -0.2) is 9.98 Å². The van der Waals surface area contributed by atoms with Crippen LogP contribution in [0.5, 0.6) is 0 Å². The Morgan fingerprint density at radius 3 is 2.71 bits per heavy atom. The molecular weight excluding hydrogens is 381 g/mol. The van der Waals surface area contributed by atoms with Crippen molar-refractivity contribution < 1.29 is 13.2 Å². The molecule has 10 heteroatoms. The van der Waals surface area contributed by atoms with Crippen LogP contribution in [0.25, 0.3) is 0 Å². The minimum absolute atomic E-state index is 0.0981. The molecule has 0 radical (unpaired) electrons. The van der Waals surface area contributed by atoms with E-state index in [1.165, 1.54) is 11.3 Å². The standard InChI is InChI=1S/C14H16ClF3N4S2/c1-2-19-13(20-6-5-9-3-4-11(15)24-9)21-7-12-22-10(8-23-12)14(16,17)18/h3-4,8H,2,5-7H2,1H3,(H2,19,20,21). The van der Waals surface area contributed by atoms with Crippen molar-refractivity contribution in [1.29, 1.82) is 0 Å². The molecule has 0 saturated carbocycles. The van der Waals surface area contributed by atoms with Gasteiger partial charge in [-0.05, 0) is 25.5 Å². The van der Waals surface area contributed by atoms with Crippen molar-refractivity contribution in [3.8, 4) is 0 Å². The van der Waals surface area contributed by atoms with Crippen molar-refractivity contribution in [3.63, 3.8) is 0 Å². The molecular formula is C14H16ClF3N4S2. The molecule has 132 valence electrons. The number of halogens is 4. The summed E-state index contributed by atoms with van der Waals surface area (Å²) in [7, 11) is 0. The van der Waals surface area contributed by atoms with Crippen LogP contribution in [0, 0.1) is 0 Å². The summed E-state index contributed by atoms with van der Waals surface area (Å²) < 4.78 is 38.3. The van der Waals surface area contributed by atoms with Crippen LogP contribution in [-0.4, -0.2) is 24.0 Å². The summed E-state index contributed by atoms with van der Waals surface area (Å²) >= 11 is 8.35. The fourth-order valence-electron chi connectivity index (χ4n) is 1.79. The van der Waals surface area contributed by atoms with Crippen molar-refractivity contribution in [1.82, 2.24) is 15.6 Å². The van der Waals surface area contributed by atoms with Crippen molar-refractivity contribution in [2.45, 2.75) is 26.1 Å². The Morgan fingerprint density at radius 2 is 2.12 bits per heavy atom. The number of nitrogens with zero attached hydrogens (tertiary/aromatic N) is 2. The van der Waals surface area contributed by atoms with Gasteiger partial charge in [0.05, 0.1) is 10.9 Å². The first-order valence-corrected chi connectivity index (χ1v) is 9.24. The van der Waals surface area contributed by atoms with Gasteiger partial charge in [0.25, 0.3) is 0 Å². The molecule has 0 unspecified atom stereocenters. The van der Waals surface area contributed by atoms with Crippen molar-refractivity contribution in [3.05, 3.63) is 37.4 Å². The van der Waals surface area contributed by atoms with Gasteiger partial charge in [0.1, 0.15) is 5.01 Å². The first-order valence-electron chi connectivity index (χ1n) is 7.16. The molecule has 24 heavy (non-hydrogen) atoms. The first kappa shape index (κ1) is 19.0. The van der Waals surface area contributed by atoms with Crippen LogP contribution in [-0.2, 0) is 19.1 Å². The van der Waals surface area contributed by atoms with E-state index in [1.54, 1.807) is 0 Å². The topological polar surface area (TPSA) is 49.3 Å². The third-order valence-corrected chi connectivity index (χ3v) is 4.98. The molecule has 0 bridgehead atoms. The van der Waals surface area contributed by atoms with Crippen LogP contribution in [0.1, 0.15) is 22.5 Å². The smallest absolute Gasteiger partial charge is 0.357 e. The Labute approximate surface area is 150 Å². The zero-order valence-electron chi connectivity index (χ0n) is 12.8. The number of thiazole rings is 1. The summed E-state index contributed by atoms with van der Waals surface area (Å²) in [5.74, 6) is 0.545. The summed E-state index contributed by atoms with van der Waals surface area (Å²) in [6.45, 7) is 3.32. The Bertz CT molecular complexity index is 682. The second-order valence-electron chi connectivity index (χ2n) is 4.70. The molecule has 0 aliphatic rings. The average Bonchev–Trinajstić information content (AvgIpc) is 3.13. The Hall–Kier alpha value is -1.32. The van der Waals surface area contributed by atoms with Crippen LogP contribution in [0.2, 0.25) is 4.34 Å². The van der Waals surface area contributed by atoms with Crippen molar-refractivity contribution >= 4 is 40.2 Å². The third kappa shape index (κ3) is 5.95. The first-order chi connectivity index (χ1) is 11.4. The monoisotopic (exact) mass is 396 g/mol. The lowest BCUT2D eigenvalue weighted by Crippen LogP contribution is -2.38. The number of nitrogens with one attached hydrogen (secondary N) is 2. The molecule has 2 aromatic rings. The zero-order valence-corrected chi connectivity index (χ0v) is 15.2. The van der Waals surface area contributed by atoms with Gasteiger partial charge < -0.3 is 10.6 Å². The summed E-state index contributed by atoms with van der Waals surface area (Å²) in [6, 6.07) is 3.81. The molecule has 4 nitrogen and oxygen atoms in total. The van der Waals surface area contributed by atoms with Crippen LogP contribution in [0.4, 0.5) is 13.2 Å². The molecule has 0 aliphatic heterocycles. The molecule has 2 aromatic heterocycles. The lowest BCUT2D eigenvalue weighted by atomic mass is 10.3. The van der Waals surface area contributed by atoms with E-state index in [0.29, 0.717) is 24.1 Å². The van der Waals surface area contributed by atoms with E-state index in [9.17, 15) is 13.2 Å². The highest BCUT2D eigenvalue weighted by atomic mass is 35.5. The van der Waals surface area contributed by atoms with E-state index >= 15 is 0 Å². The third-order valence-electron chi connectivity index (χ3n) is 2.85. The van der Waals surface area contributed by atoms with Gasteiger partial charge in [0, 0.05) is 23.3 Å². The minimum Gasteiger partial charge on any atom is -0.357 e. The molecule has 0 spiro atoms. The molecule has 0 aliphatic carbocycles. The molecule has 0 fully saturated rings. The molecule has 0 amide bonds. The molecule has 0 saturated heterocycles. The Kier molecular flexibility index (Phi) is 6.88. The van der Waals surface area contributed by atoms with Gasteiger partial charge in [-0.1, -0.05) is 11.6 Å². The van der Waals surface area contributed by atoms with Gasteiger partial charge in [0.15, 0.2) is 11.7 Å². The quantitative estimate of drug-likeness (QED) is 0.569. The molecule has 2 rings (SSSR count). The van der Waals surface area contributed by atoms with Gasteiger partial charge >= 0.3 is 6.18 Å². The van der Waals surface area contributed by atoms with E-state index in [0.717, 1.165) is 32.4 Å². The lowest BCUT2D eigenvalue weighted by Gasteiger charge is -2.10. The van der Waals surface area contributed by atoms with Crippen LogP contribution >= 0.6 is 34.3 Å². The molecule has 2 N–H and O–H groups in total. The second-order valence-corrected chi connectivity index (χ2v) is 7.44. The molecule has 0 atom stereocenters.